The van der Waals surface area contributed by atoms with Crippen LogP contribution in [0.4, 0.5) is 0 Å². The van der Waals surface area contributed by atoms with E-state index < -0.39 is 11.4 Å². The average Bonchev–Trinajstić information content (AvgIpc) is 2.53. The molecule has 0 aliphatic carbocycles. The number of carboxylic acid groups (broad SMARTS) is 1. The Kier molecular flexibility index (Phi) is 5.58. The minimum absolute atomic E-state index is 0.122. The van der Waals surface area contributed by atoms with Crippen molar-refractivity contribution in [1.29, 1.82) is 0 Å². The maximum absolute atomic E-state index is 13.1. The number of nitrogens with zero attached hydrogens (tertiary/aromatic N) is 1. The van der Waals surface area contributed by atoms with Crippen LogP contribution in [0.15, 0.2) is 28.7 Å². The Labute approximate surface area is 138 Å². The molecule has 0 spiro atoms. The molecule has 1 aliphatic rings. The third-order valence-corrected chi connectivity index (χ3v) is 4.68. The van der Waals surface area contributed by atoms with Crippen molar-refractivity contribution in [1.82, 2.24) is 4.90 Å². The molecule has 0 unspecified atom stereocenters. The topological polar surface area (TPSA) is 66.8 Å². The molecule has 1 aromatic rings. The van der Waals surface area contributed by atoms with Gasteiger partial charge in [0, 0.05) is 24.2 Å². The predicted octanol–water partition coefficient (Wildman–Crippen LogP) is 2.43. The summed E-state index contributed by atoms with van der Waals surface area (Å²) in [5.74, 6) is -1.11. The molecule has 0 atom stereocenters. The molecule has 2 rings (SSSR count). The Morgan fingerprint density at radius 3 is 2.36 bits per heavy atom. The number of amides is 1. The molecule has 1 aromatic carbocycles. The van der Waals surface area contributed by atoms with E-state index in [0.29, 0.717) is 32.6 Å². The van der Waals surface area contributed by atoms with E-state index in [1.54, 1.807) is 6.92 Å². The van der Waals surface area contributed by atoms with Crippen LogP contribution in [0.3, 0.4) is 0 Å². The van der Waals surface area contributed by atoms with Crippen LogP contribution in [0.25, 0.3) is 0 Å². The molecular weight excluding hydrogens is 350 g/mol. The number of halogens is 1. The first-order valence-corrected chi connectivity index (χ1v) is 8.14. The first-order chi connectivity index (χ1) is 10.5. The van der Waals surface area contributed by atoms with Gasteiger partial charge < -0.3 is 14.7 Å². The van der Waals surface area contributed by atoms with Gasteiger partial charge in [0.05, 0.1) is 5.41 Å². The van der Waals surface area contributed by atoms with Crippen LogP contribution in [0.1, 0.15) is 25.3 Å². The summed E-state index contributed by atoms with van der Waals surface area (Å²) in [4.78, 5) is 25.5. The van der Waals surface area contributed by atoms with E-state index in [2.05, 4.69) is 15.9 Å². The fourth-order valence-corrected chi connectivity index (χ4v) is 3.17. The van der Waals surface area contributed by atoms with Crippen molar-refractivity contribution in [3.63, 3.8) is 0 Å². The van der Waals surface area contributed by atoms with Gasteiger partial charge in [0.25, 0.3) is 0 Å². The maximum atomic E-state index is 13.1. The summed E-state index contributed by atoms with van der Waals surface area (Å²) in [6, 6.07) is 7.68. The number of hydrogen-bond acceptors (Lipinski definition) is 3. The zero-order valence-electron chi connectivity index (χ0n) is 12.5. The second kappa shape index (κ2) is 7.24. The zero-order chi connectivity index (χ0) is 16.2. The normalized spacial score (nSPS) is 17.0. The van der Waals surface area contributed by atoms with E-state index in [1.807, 2.05) is 24.3 Å². The lowest BCUT2D eigenvalue weighted by Crippen LogP contribution is -2.51. The Balaban J connectivity index is 2.38. The van der Waals surface area contributed by atoms with E-state index in [4.69, 9.17) is 9.84 Å². The van der Waals surface area contributed by atoms with Crippen LogP contribution in [0, 0.1) is 0 Å². The first-order valence-electron chi connectivity index (χ1n) is 7.34. The second-order valence-corrected chi connectivity index (χ2v) is 6.33. The Morgan fingerprint density at radius 2 is 1.86 bits per heavy atom. The lowest BCUT2D eigenvalue weighted by Gasteiger charge is -2.39. The van der Waals surface area contributed by atoms with E-state index in [-0.39, 0.29) is 12.5 Å². The van der Waals surface area contributed by atoms with Gasteiger partial charge in [-0.15, -0.1) is 0 Å². The second-order valence-electron chi connectivity index (χ2n) is 5.41. The Hall–Kier alpha value is -1.40. The summed E-state index contributed by atoms with van der Waals surface area (Å²) in [7, 11) is 0. The zero-order valence-corrected chi connectivity index (χ0v) is 14.1. The first kappa shape index (κ1) is 17.0. The Bertz CT molecular complexity index is 538. The van der Waals surface area contributed by atoms with Crippen molar-refractivity contribution in [3.8, 4) is 0 Å². The van der Waals surface area contributed by atoms with Crippen molar-refractivity contribution >= 4 is 27.8 Å². The summed E-state index contributed by atoms with van der Waals surface area (Å²) in [6.45, 7) is 2.92. The van der Waals surface area contributed by atoms with Crippen molar-refractivity contribution < 1.29 is 19.4 Å². The molecule has 120 valence electrons. The highest BCUT2D eigenvalue weighted by atomic mass is 79.9. The van der Waals surface area contributed by atoms with Gasteiger partial charge in [-0.3, -0.25) is 9.59 Å². The predicted molar refractivity (Wildman–Crippen MR) is 85.8 cm³/mol. The monoisotopic (exact) mass is 369 g/mol. The number of carboxylic acids is 1. The molecule has 1 aliphatic heterocycles. The van der Waals surface area contributed by atoms with Gasteiger partial charge in [0.1, 0.15) is 6.54 Å². The number of benzene rings is 1. The van der Waals surface area contributed by atoms with Gasteiger partial charge in [-0.05, 0) is 37.5 Å². The number of carbonyl (C=O) groups is 2. The number of hydrogen-bond donors (Lipinski definition) is 1. The van der Waals surface area contributed by atoms with Gasteiger partial charge >= 0.3 is 5.97 Å². The fraction of sp³-hybridized carbons (Fsp3) is 0.500. The highest BCUT2D eigenvalue weighted by Gasteiger charge is 2.44. The number of likely N-dealkylation sites (N-methyl/N-ethyl adjacent to an activating group) is 1. The largest absolute Gasteiger partial charge is 0.480 e. The van der Waals surface area contributed by atoms with E-state index in [1.165, 1.54) is 4.90 Å². The molecule has 1 heterocycles. The molecule has 0 bridgehead atoms. The van der Waals surface area contributed by atoms with Crippen LogP contribution in [0.5, 0.6) is 0 Å². The number of carbonyl (C=O) groups excluding carboxylic acids is 1. The van der Waals surface area contributed by atoms with E-state index in [9.17, 15) is 9.59 Å². The van der Waals surface area contributed by atoms with Gasteiger partial charge in [0.2, 0.25) is 5.91 Å². The summed E-state index contributed by atoms with van der Waals surface area (Å²) >= 11 is 3.40. The van der Waals surface area contributed by atoms with Crippen molar-refractivity contribution in [3.05, 3.63) is 34.3 Å². The fourth-order valence-electron chi connectivity index (χ4n) is 2.91. The molecule has 0 radical (unpaired) electrons. The van der Waals surface area contributed by atoms with Crippen LogP contribution in [-0.2, 0) is 19.7 Å². The number of ether oxygens (including phenoxy) is 1. The summed E-state index contributed by atoms with van der Waals surface area (Å²) in [6.07, 6.45) is 1.15. The quantitative estimate of drug-likeness (QED) is 0.865. The van der Waals surface area contributed by atoms with Gasteiger partial charge in [-0.2, -0.15) is 0 Å². The molecule has 22 heavy (non-hydrogen) atoms. The number of aliphatic carboxylic acids is 1. The van der Waals surface area contributed by atoms with Gasteiger partial charge in [-0.1, -0.05) is 28.1 Å². The molecule has 6 heteroatoms. The standard InChI is InChI=1S/C16H20BrNO4/c1-2-18(11-14(19)20)15(21)16(7-9-22-10-8-16)12-3-5-13(17)6-4-12/h3-6H,2,7-11H2,1H3,(H,19,20). The lowest BCUT2D eigenvalue weighted by molar-refractivity contribution is -0.149. The van der Waals surface area contributed by atoms with Crippen LogP contribution in [0.2, 0.25) is 0 Å². The highest BCUT2D eigenvalue weighted by molar-refractivity contribution is 9.10. The molecule has 0 aromatic heterocycles. The summed E-state index contributed by atoms with van der Waals surface area (Å²) in [5.41, 5.74) is 0.234. The third kappa shape index (κ3) is 3.50. The SMILES string of the molecule is CCN(CC(=O)O)C(=O)C1(c2ccc(Br)cc2)CCOCC1. The summed E-state index contributed by atoms with van der Waals surface area (Å²) < 4.78 is 6.37. The molecule has 1 fully saturated rings. The molecule has 1 N–H and O–H groups in total. The van der Waals surface area contributed by atoms with Gasteiger partial charge in [0.15, 0.2) is 0 Å². The van der Waals surface area contributed by atoms with Gasteiger partial charge in [-0.25, -0.2) is 0 Å². The van der Waals surface area contributed by atoms with Crippen molar-refractivity contribution in [2.45, 2.75) is 25.2 Å². The summed E-state index contributed by atoms with van der Waals surface area (Å²) in [5, 5.41) is 9.03. The van der Waals surface area contributed by atoms with Crippen molar-refractivity contribution in [2.75, 3.05) is 26.3 Å². The van der Waals surface area contributed by atoms with Crippen LogP contribution < -0.4 is 0 Å². The van der Waals surface area contributed by atoms with E-state index in [0.717, 1.165) is 10.0 Å². The van der Waals surface area contributed by atoms with Crippen molar-refractivity contribution in [2.24, 2.45) is 0 Å². The minimum Gasteiger partial charge on any atom is -0.480 e. The smallest absolute Gasteiger partial charge is 0.323 e. The molecule has 5 nitrogen and oxygen atoms in total. The lowest BCUT2D eigenvalue weighted by atomic mass is 9.73. The maximum Gasteiger partial charge on any atom is 0.323 e. The Morgan fingerprint density at radius 1 is 1.27 bits per heavy atom. The average molecular weight is 370 g/mol. The highest BCUT2D eigenvalue weighted by Crippen LogP contribution is 2.37. The molecule has 0 saturated carbocycles. The van der Waals surface area contributed by atoms with Crippen LogP contribution >= 0.6 is 15.9 Å². The molecule has 1 amide bonds. The molecule has 1 saturated heterocycles. The van der Waals surface area contributed by atoms with E-state index >= 15 is 0 Å². The minimum atomic E-state index is -0.992. The molecular formula is C16H20BrNO4. The number of rotatable bonds is 5. The third-order valence-electron chi connectivity index (χ3n) is 4.15. The van der Waals surface area contributed by atoms with Crippen LogP contribution in [-0.4, -0.2) is 48.2 Å².